The number of hydrogen-bond acceptors (Lipinski definition) is 5. The SMILES string of the molecule is CCOc1cc(/C=C(/C#N)c2cccc([N+](=O)[O-])c2)cc(I)c1OCc1cccc(C)c1. The van der Waals surface area contributed by atoms with E-state index in [1.165, 1.54) is 12.1 Å². The molecule has 0 radical (unpaired) electrons. The number of nitro benzene ring substituents is 1. The first-order chi connectivity index (χ1) is 15.4. The van der Waals surface area contributed by atoms with Crippen LogP contribution in [-0.4, -0.2) is 11.5 Å². The molecular weight excluding hydrogens is 519 g/mol. The minimum atomic E-state index is -0.477. The Hall–Kier alpha value is -3.38. The maximum absolute atomic E-state index is 11.1. The third-order valence-electron chi connectivity index (χ3n) is 4.60. The highest BCUT2D eigenvalue weighted by atomic mass is 127. The van der Waals surface area contributed by atoms with Gasteiger partial charge in [-0.25, -0.2) is 0 Å². The Balaban J connectivity index is 1.94. The van der Waals surface area contributed by atoms with Crippen molar-refractivity contribution in [1.82, 2.24) is 0 Å². The third-order valence-corrected chi connectivity index (χ3v) is 5.40. The largest absolute Gasteiger partial charge is 0.490 e. The molecule has 0 spiro atoms. The topological polar surface area (TPSA) is 85.4 Å². The van der Waals surface area contributed by atoms with Crippen LogP contribution in [0.15, 0.2) is 60.7 Å². The van der Waals surface area contributed by atoms with Gasteiger partial charge in [0.1, 0.15) is 6.61 Å². The van der Waals surface area contributed by atoms with E-state index in [-0.39, 0.29) is 5.69 Å². The second kappa shape index (κ2) is 10.8. The van der Waals surface area contributed by atoms with Crippen molar-refractivity contribution in [2.24, 2.45) is 0 Å². The first-order valence-electron chi connectivity index (χ1n) is 9.92. The molecule has 0 aliphatic carbocycles. The predicted octanol–water partition coefficient (Wildman–Crippen LogP) is 6.55. The van der Waals surface area contributed by atoms with Crippen molar-refractivity contribution in [3.63, 3.8) is 0 Å². The van der Waals surface area contributed by atoms with Crippen LogP contribution in [0.5, 0.6) is 11.5 Å². The Labute approximate surface area is 200 Å². The molecule has 7 heteroatoms. The average Bonchev–Trinajstić information content (AvgIpc) is 2.77. The van der Waals surface area contributed by atoms with Gasteiger partial charge in [-0.2, -0.15) is 5.26 Å². The van der Waals surface area contributed by atoms with E-state index < -0.39 is 4.92 Å². The molecule has 162 valence electrons. The van der Waals surface area contributed by atoms with Crippen molar-refractivity contribution < 1.29 is 14.4 Å². The molecule has 3 aromatic rings. The zero-order valence-electron chi connectivity index (χ0n) is 17.7. The molecule has 0 aliphatic heterocycles. The van der Waals surface area contributed by atoms with E-state index in [0.717, 1.165) is 20.3 Å². The van der Waals surface area contributed by atoms with Crippen LogP contribution < -0.4 is 9.47 Å². The number of nitrogens with zero attached hydrogens (tertiary/aromatic N) is 2. The highest BCUT2D eigenvalue weighted by Crippen LogP contribution is 2.36. The van der Waals surface area contributed by atoms with Crippen molar-refractivity contribution in [3.8, 4) is 17.6 Å². The molecule has 32 heavy (non-hydrogen) atoms. The molecule has 0 atom stereocenters. The number of rotatable bonds is 8. The van der Waals surface area contributed by atoms with Crippen LogP contribution in [0.25, 0.3) is 11.6 Å². The fraction of sp³-hybridized carbons (Fsp3) is 0.160. The average molecular weight is 540 g/mol. The van der Waals surface area contributed by atoms with Crippen molar-refractivity contribution in [3.05, 3.63) is 96.6 Å². The minimum absolute atomic E-state index is 0.0619. The molecular formula is C25H21IN2O4. The van der Waals surface area contributed by atoms with E-state index in [2.05, 4.69) is 34.7 Å². The fourth-order valence-corrected chi connectivity index (χ4v) is 3.95. The Morgan fingerprint density at radius 3 is 2.62 bits per heavy atom. The van der Waals surface area contributed by atoms with Gasteiger partial charge < -0.3 is 9.47 Å². The maximum Gasteiger partial charge on any atom is 0.270 e. The van der Waals surface area contributed by atoms with Crippen molar-refractivity contribution in [2.45, 2.75) is 20.5 Å². The first kappa shape index (κ1) is 23.3. The summed E-state index contributed by atoms with van der Waals surface area (Å²) < 4.78 is 12.7. The summed E-state index contributed by atoms with van der Waals surface area (Å²) in [6.45, 7) is 4.79. The number of allylic oxidation sites excluding steroid dienone is 1. The van der Waals surface area contributed by atoms with Gasteiger partial charge in [0.25, 0.3) is 5.69 Å². The summed E-state index contributed by atoms with van der Waals surface area (Å²) in [6, 6.07) is 20.0. The van der Waals surface area contributed by atoms with Crippen LogP contribution in [0.2, 0.25) is 0 Å². The van der Waals surface area contributed by atoms with E-state index in [1.54, 1.807) is 18.2 Å². The summed E-state index contributed by atoms with van der Waals surface area (Å²) in [5, 5.41) is 20.7. The van der Waals surface area contributed by atoms with Gasteiger partial charge in [0.15, 0.2) is 11.5 Å². The smallest absolute Gasteiger partial charge is 0.270 e. The fourth-order valence-electron chi connectivity index (χ4n) is 3.17. The summed E-state index contributed by atoms with van der Waals surface area (Å²) in [5.74, 6) is 1.22. The highest BCUT2D eigenvalue weighted by molar-refractivity contribution is 14.1. The molecule has 0 fully saturated rings. The van der Waals surface area contributed by atoms with Gasteiger partial charge in [-0.15, -0.1) is 0 Å². The highest BCUT2D eigenvalue weighted by Gasteiger charge is 2.14. The normalized spacial score (nSPS) is 11.0. The Morgan fingerprint density at radius 2 is 1.94 bits per heavy atom. The summed E-state index contributed by atoms with van der Waals surface area (Å²) >= 11 is 2.18. The van der Waals surface area contributed by atoms with Crippen molar-refractivity contribution >= 4 is 39.9 Å². The van der Waals surface area contributed by atoms with Gasteiger partial charge in [-0.1, -0.05) is 42.0 Å². The van der Waals surface area contributed by atoms with Crippen LogP contribution in [0.3, 0.4) is 0 Å². The zero-order valence-corrected chi connectivity index (χ0v) is 19.8. The maximum atomic E-state index is 11.1. The van der Waals surface area contributed by atoms with Gasteiger partial charge in [0.2, 0.25) is 0 Å². The van der Waals surface area contributed by atoms with Gasteiger partial charge in [-0.3, -0.25) is 10.1 Å². The molecule has 0 unspecified atom stereocenters. The van der Waals surface area contributed by atoms with Crippen molar-refractivity contribution in [2.75, 3.05) is 6.61 Å². The number of benzene rings is 3. The van der Waals surface area contributed by atoms with Crippen LogP contribution in [0.4, 0.5) is 5.69 Å². The molecule has 0 bridgehead atoms. The van der Waals surface area contributed by atoms with Gasteiger partial charge in [-0.05, 0) is 71.3 Å². The van der Waals surface area contributed by atoms with E-state index in [9.17, 15) is 15.4 Å². The van der Waals surface area contributed by atoms with Crippen LogP contribution >= 0.6 is 22.6 Å². The molecule has 3 aromatic carbocycles. The molecule has 0 aromatic heterocycles. The Kier molecular flexibility index (Phi) is 7.84. The van der Waals surface area contributed by atoms with Crippen LogP contribution in [0, 0.1) is 31.9 Å². The van der Waals surface area contributed by atoms with Crippen molar-refractivity contribution in [1.29, 1.82) is 5.26 Å². The Bertz CT molecular complexity index is 1210. The van der Waals surface area contributed by atoms with E-state index in [1.807, 2.05) is 44.2 Å². The lowest BCUT2D eigenvalue weighted by Crippen LogP contribution is -2.02. The van der Waals surface area contributed by atoms with Crippen LogP contribution in [0.1, 0.15) is 29.2 Å². The number of hydrogen-bond donors (Lipinski definition) is 0. The molecule has 3 rings (SSSR count). The Morgan fingerprint density at radius 1 is 1.16 bits per heavy atom. The van der Waals surface area contributed by atoms with E-state index in [0.29, 0.717) is 35.8 Å². The summed E-state index contributed by atoms with van der Waals surface area (Å²) in [4.78, 5) is 10.6. The number of non-ortho nitro benzene ring substituents is 1. The summed E-state index contributed by atoms with van der Waals surface area (Å²) in [7, 11) is 0. The molecule has 0 N–H and O–H groups in total. The van der Waals surface area contributed by atoms with Crippen LogP contribution in [-0.2, 0) is 6.61 Å². The quantitative estimate of drug-likeness (QED) is 0.106. The lowest BCUT2D eigenvalue weighted by atomic mass is 10.0. The van der Waals surface area contributed by atoms with Gasteiger partial charge >= 0.3 is 0 Å². The summed E-state index contributed by atoms with van der Waals surface area (Å²) in [6.07, 6.45) is 1.69. The summed E-state index contributed by atoms with van der Waals surface area (Å²) in [5.41, 5.74) is 3.70. The minimum Gasteiger partial charge on any atom is -0.490 e. The van der Waals surface area contributed by atoms with E-state index >= 15 is 0 Å². The second-order valence-electron chi connectivity index (χ2n) is 7.02. The standard InChI is InChI=1S/C25H21IN2O4/c1-3-31-24-13-19(11-21(15-27)20-8-5-9-22(14-20)28(29)30)12-23(26)25(24)32-16-18-7-4-6-17(2)10-18/h4-14H,3,16H2,1-2H3/b21-11-. The first-order valence-corrected chi connectivity index (χ1v) is 11.0. The number of nitro groups is 1. The van der Waals surface area contributed by atoms with Gasteiger partial charge in [0, 0.05) is 12.1 Å². The lowest BCUT2D eigenvalue weighted by molar-refractivity contribution is -0.384. The number of nitriles is 1. The number of halogens is 1. The molecule has 0 saturated heterocycles. The predicted molar refractivity (Wildman–Crippen MR) is 132 cm³/mol. The molecule has 6 nitrogen and oxygen atoms in total. The zero-order chi connectivity index (χ0) is 23.1. The number of aryl methyl sites for hydroxylation is 1. The molecule has 0 heterocycles. The molecule has 0 amide bonds. The number of ether oxygens (including phenoxy) is 2. The third kappa shape index (κ3) is 5.86. The second-order valence-corrected chi connectivity index (χ2v) is 8.18. The molecule has 0 aliphatic rings. The van der Waals surface area contributed by atoms with E-state index in [4.69, 9.17) is 9.47 Å². The molecule has 0 saturated carbocycles. The van der Waals surface area contributed by atoms with Gasteiger partial charge in [0.05, 0.1) is 26.7 Å². The monoisotopic (exact) mass is 540 g/mol. The lowest BCUT2D eigenvalue weighted by Gasteiger charge is -2.15.